The van der Waals surface area contributed by atoms with Gasteiger partial charge in [-0.25, -0.2) is 0 Å². The molecule has 0 bridgehead atoms. The Kier molecular flexibility index (Phi) is 18.2. The Morgan fingerprint density at radius 3 is 1.64 bits per heavy atom. The molecule has 2 unspecified atom stereocenters. The first-order valence-electron chi connectivity index (χ1n) is 14.5. The summed E-state index contributed by atoms with van der Waals surface area (Å²) >= 11 is 1.74. The molecule has 3 heterocycles. The minimum Gasteiger partial charge on any atom is -0.577 e. The molecule has 2 atom stereocenters. The number of hydrogen-bond donors (Lipinski definition) is 1. The van der Waals surface area contributed by atoms with Gasteiger partial charge in [0.05, 0.1) is 4.90 Å². The quantitative estimate of drug-likeness (QED) is 0.124. The van der Waals surface area contributed by atoms with E-state index >= 15 is 0 Å². The van der Waals surface area contributed by atoms with Crippen LogP contribution in [0.2, 0.25) is 0 Å². The molecule has 3 aromatic carbocycles. The van der Waals surface area contributed by atoms with Gasteiger partial charge in [-0.15, -0.1) is 11.3 Å². The molecular formula is C34H43KNO5PS2V. The fourth-order valence-corrected chi connectivity index (χ4v) is 6.51. The summed E-state index contributed by atoms with van der Waals surface area (Å²) in [5, 5.41) is 2.73. The number of rotatable bonds is 5. The molecule has 0 aliphatic carbocycles. The second kappa shape index (κ2) is 19.4. The summed E-state index contributed by atoms with van der Waals surface area (Å²) in [7, 11) is -4.05. The third-order valence-corrected chi connectivity index (χ3v) is 9.59. The smallest absolute Gasteiger partial charge is 0.577 e. The second-order valence-corrected chi connectivity index (χ2v) is 13.4. The maximum atomic E-state index is 10.7. The molecule has 237 valence electrons. The van der Waals surface area contributed by atoms with Crippen LogP contribution in [0.15, 0.2) is 77.7 Å². The van der Waals surface area contributed by atoms with Crippen molar-refractivity contribution < 1.29 is 92.4 Å². The molecule has 0 spiro atoms. The molecule has 6 nitrogen and oxygen atoms in total. The number of hydrogen-bond acceptors (Lipinski definition) is 5. The van der Waals surface area contributed by atoms with Crippen molar-refractivity contribution in [1.29, 1.82) is 0 Å². The zero-order valence-electron chi connectivity index (χ0n) is 27.3. The van der Waals surface area contributed by atoms with Crippen molar-refractivity contribution in [2.75, 3.05) is 13.2 Å². The standard InChI is InChI=1S/C16H17N.C10H14O3S.C8H10O2S.K.H2P.V/c1-3-12(2)17-15-10-6-4-8-13(15)14-9-5-7-11-16(14)17;1-3-8(2)9-4-6-10(7-5-9)14(11,12)13;1-5-7-8(6(2)11-5)10-4-3-9-7;;;/h4-12H,3H2,1-2H3;4-8H,3H2,1-2H3,(H,11,12,13);3-4H2,1-2H3;;1H2;/q;;;+1;-1;. The molecule has 5 aromatic rings. The third-order valence-electron chi connectivity index (χ3n) is 7.74. The van der Waals surface area contributed by atoms with E-state index in [-0.39, 0.29) is 84.7 Å². The van der Waals surface area contributed by atoms with Crippen LogP contribution in [0, 0.1) is 13.8 Å². The van der Waals surface area contributed by atoms with E-state index in [1.807, 2.05) is 0 Å². The van der Waals surface area contributed by atoms with Crippen LogP contribution in [0.4, 0.5) is 0 Å². The van der Waals surface area contributed by atoms with Gasteiger partial charge in [-0.3, -0.25) is 4.55 Å². The van der Waals surface area contributed by atoms with Crippen LogP contribution in [0.25, 0.3) is 21.8 Å². The van der Waals surface area contributed by atoms with Crippen LogP contribution in [0.3, 0.4) is 0 Å². The van der Waals surface area contributed by atoms with Crippen LogP contribution in [-0.2, 0) is 28.7 Å². The Morgan fingerprint density at radius 2 is 1.24 bits per heavy atom. The zero-order valence-corrected chi connectivity index (χ0v) is 34.6. The number of ether oxygens (including phenoxy) is 2. The van der Waals surface area contributed by atoms with Crippen molar-refractivity contribution in [3.8, 4) is 11.5 Å². The van der Waals surface area contributed by atoms with E-state index < -0.39 is 10.1 Å². The predicted molar refractivity (Wildman–Crippen MR) is 184 cm³/mol. The molecule has 2 aromatic heterocycles. The molecule has 0 fully saturated rings. The van der Waals surface area contributed by atoms with Crippen molar-refractivity contribution in [3.63, 3.8) is 0 Å². The van der Waals surface area contributed by atoms with Gasteiger partial charge in [-0.1, -0.05) is 69.3 Å². The minimum absolute atomic E-state index is 0. The Balaban J connectivity index is 0.000000334. The molecule has 11 heteroatoms. The van der Waals surface area contributed by atoms with Gasteiger partial charge in [0.1, 0.15) is 13.2 Å². The monoisotopic (exact) mass is 730 g/mol. The molecule has 1 aliphatic rings. The van der Waals surface area contributed by atoms with Gasteiger partial charge < -0.3 is 23.9 Å². The largest absolute Gasteiger partial charge is 1.00 e. The summed E-state index contributed by atoms with van der Waals surface area (Å²) in [4.78, 5) is 2.39. The van der Waals surface area contributed by atoms with Gasteiger partial charge in [0.2, 0.25) is 0 Å². The Bertz CT molecular complexity index is 1680. The van der Waals surface area contributed by atoms with Crippen molar-refractivity contribution in [2.24, 2.45) is 0 Å². The number of thiophene rings is 1. The number of para-hydroxylation sites is 2. The first-order valence-corrected chi connectivity index (χ1v) is 16.7. The number of aromatic nitrogens is 1. The zero-order chi connectivity index (χ0) is 30.4. The molecule has 6 rings (SSSR count). The first kappa shape index (κ1) is 42.3. The average molecular weight is 731 g/mol. The Labute approximate surface area is 330 Å². The summed E-state index contributed by atoms with van der Waals surface area (Å²) in [5.41, 5.74) is 3.78. The van der Waals surface area contributed by atoms with E-state index in [1.54, 1.807) is 23.5 Å². The van der Waals surface area contributed by atoms with Crippen LogP contribution in [-0.4, -0.2) is 30.8 Å². The maximum Gasteiger partial charge on any atom is 1.00 e. The average Bonchev–Trinajstić information content (AvgIpc) is 3.50. The van der Waals surface area contributed by atoms with Gasteiger partial charge in [0.25, 0.3) is 10.1 Å². The van der Waals surface area contributed by atoms with Gasteiger partial charge >= 0.3 is 51.4 Å². The van der Waals surface area contributed by atoms with Crippen LogP contribution >= 0.6 is 21.2 Å². The summed E-state index contributed by atoms with van der Waals surface area (Å²) < 4.78 is 43.6. The number of benzene rings is 3. The van der Waals surface area contributed by atoms with Crippen molar-refractivity contribution in [2.45, 2.75) is 71.2 Å². The summed E-state index contributed by atoms with van der Waals surface area (Å²) in [6.45, 7) is 14.2. The number of fused-ring (bicyclic) bond motifs is 4. The molecular weight excluding hydrogens is 688 g/mol. The van der Waals surface area contributed by atoms with Crippen LogP contribution in [0.1, 0.15) is 67.8 Å². The van der Waals surface area contributed by atoms with Crippen molar-refractivity contribution >= 4 is 53.2 Å². The predicted octanol–water partition coefficient (Wildman–Crippen LogP) is 6.68. The third kappa shape index (κ3) is 10.4. The Hall–Kier alpha value is -0.679. The normalized spacial score (nSPS) is 13.0. The maximum absolute atomic E-state index is 10.7. The van der Waals surface area contributed by atoms with E-state index in [9.17, 15) is 8.42 Å². The summed E-state index contributed by atoms with van der Waals surface area (Å²) in [6, 6.07) is 24.2. The van der Waals surface area contributed by atoms with Crippen LogP contribution < -0.4 is 60.9 Å². The molecule has 0 saturated heterocycles. The van der Waals surface area contributed by atoms with E-state index in [4.69, 9.17) is 14.0 Å². The van der Waals surface area contributed by atoms with E-state index in [0.29, 0.717) is 25.2 Å². The molecule has 45 heavy (non-hydrogen) atoms. The molecule has 1 aliphatic heterocycles. The number of nitrogens with zero attached hydrogens (tertiary/aromatic N) is 1. The fraction of sp³-hybridized carbons (Fsp3) is 0.353. The number of aryl methyl sites for hydroxylation is 2. The van der Waals surface area contributed by atoms with Crippen molar-refractivity contribution in [1.82, 2.24) is 4.57 Å². The molecule has 1 N–H and O–H groups in total. The second-order valence-electron chi connectivity index (χ2n) is 10.6. The van der Waals surface area contributed by atoms with E-state index in [0.717, 1.165) is 29.9 Å². The fourth-order valence-electron chi connectivity index (χ4n) is 5.08. The van der Waals surface area contributed by atoms with E-state index in [2.05, 4.69) is 94.6 Å². The van der Waals surface area contributed by atoms with Gasteiger partial charge in [-0.05, 0) is 69.4 Å². The van der Waals surface area contributed by atoms with Gasteiger partial charge in [0, 0.05) is 56.2 Å². The summed E-state index contributed by atoms with van der Waals surface area (Å²) in [6.07, 6.45) is 2.16. The van der Waals surface area contributed by atoms with Gasteiger partial charge in [0.15, 0.2) is 11.5 Å². The first-order chi connectivity index (χ1) is 20.1. The molecule has 0 amide bonds. The summed E-state index contributed by atoms with van der Waals surface area (Å²) in [5.74, 6) is 2.32. The van der Waals surface area contributed by atoms with Crippen LogP contribution in [0.5, 0.6) is 11.5 Å². The molecule has 1 radical (unpaired) electrons. The Morgan fingerprint density at radius 1 is 0.800 bits per heavy atom. The van der Waals surface area contributed by atoms with E-state index in [1.165, 1.54) is 43.7 Å². The minimum atomic E-state index is -4.05. The SMILES string of the molecule is CCC(C)c1ccc(S(=O)(=O)O)cc1.CCC(C)n1c2ccccc2c2ccccc21.Cc1sc(C)c2c1OCCO2.[K+].[PH2-].[V]. The molecule has 0 saturated carbocycles. The van der Waals surface area contributed by atoms with Crippen molar-refractivity contribution in [3.05, 3.63) is 88.1 Å². The topological polar surface area (TPSA) is 77.8 Å². The van der Waals surface area contributed by atoms with Gasteiger partial charge in [-0.2, -0.15) is 8.42 Å².